The van der Waals surface area contributed by atoms with E-state index in [1.54, 1.807) is 16.4 Å². The summed E-state index contributed by atoms with van der Waals surface area (Å²) in [6.07, 6.45) is 5.84. The van der Waals surface area contributed by atoms with Gasteiger partial charge in [-0.25, -0.2) is 8.42 Å². The molecule has 7 heteroatoms. The summed E-state index contributed by atoms with van der Waals surface area (Å²) in [6.45, 7) is 2.92. The first kappa shape index (κ1) is 17.8. The van der Waals surface area contributed by atoms with Crippen molar-refractivity contribution in [2.75, 3.05) is 31.1 Å². The Hall–Kier alpha value is -1.60. The summed E-state index contributed by atoms with van der Waals surface area (Å²) in [5, 5.41) is 3.10. The Labute approximate surface area is 155 Å². The van der Waals surface area contributed by atoms with Gasteiger partial charge in [-0.3, -0.25) is 4.79 Å². The van der Waals surface area contributed by atoms with Crippen molar-refractivity contribution in [1.29, 1.82) is 0 Å². The lowest BCUT2D eigenvalue weighted by atomic mass is 9.95. The molecule has 2 heterocycles. The second-order valence-corrected chi connectivity index (χ2v) is 9.59. The van der Waals surface area contributed by atoms with E-state index in [0.717, 1.165) is 57.3 Å². The number of sulfonamides is 1. The van der Waals surface area contributed by atoms with Crippen LogP contribution in [0.4, 0.5) is 5.69 Å². The average Bonchev–Trinajstić information content (AvgIpc) is 3.29. The van der Waals surface area contributed by atoms with Crippen molar-refractivity contribution in [2.45, 2.75) is 49.5 Å². The zero-order chi connectivity index (χ0) is 18.1. The van der Waals surface area contributed by atoms with Crippen molar-refractivity contribution in [1.82, 2.24) is 9.62 Å². The zero-order valence-electron chi connectivity index (χ0n) is 15.1. The molecule has 0 aromatic heterocycles. The summed E-state index contributed by atoms with van der Waals surface area (Å²) >= 11 is 0. The van der Waals surface area contributed by atoms with Gasteiger partial charge in [0.15, 0.2) is 0 Å². The van der Waals surface area contributed by atoms with Crippen LogP contribution in [0.2, 0.25) is 0 Å². The molecule has 6 nitrogen and oxygen atoms in total. The largest absolute Gasteiger partial charge is 0.371 e. The van der Waals surface area contributed by atoms with Crippen LogP contribution >= 0.6 is 0 Å². The summed E-state index contributed by atoms with van der Waals surface area (Å²) in [6, 6.07) is 7.65. The number of anilines is 1. The van der Waals surface area contributed by atoms with E-state index in [1.807, 2.05) is 12.1 Å². The van der Waals surface area contributed by atoms with Gasteiger partial charge < -0.3 is 10.2 Å². The molecule has 142 valence electrons. The monoisotopic (exact) mass is 377 g/mol. The maximum atomic E-state index is 12.6. The number of nitrogens with zero attached hydrogens (tertiary/aromatic N) is 2. The molecule has 26 heavy (non-hydrogen) atoms. The maximum absolute atomic E-state index is 12.6. The predicted octanol–water partition coefficient (Wildman–Crippen LogP) is 1.97. The molecule has 0 atom stereocenters. The Morgan fingerprint density at radius 2 is 1.54 bits per heavy atom. The molecule has 1 aromatic rings. The van der Waals surface area contributed by atoms with Gasteiger partial charge in [-0.2, -0.15) is 4.31 Å². The van der Waals surface area contributed by atoms with Crippen molar-refractivity contribution in [3.63, 3.8) is 0 Å². The van der Waals surface area contributed by atoms with Gasteiger partial charge in [0, 0.05) is 43.8 Å². The Balaban J connectivity index is 1.36. The van der Waals surface area contributed by atoms with E-state index in [0.29, 0.717) is 24.0 Å². The fraction of sp³-hybridized carbons (Fsp3) is 0.632. The van der Waals surface area contributed by atoms with Crippen LogP contribution in [-0.4, -0.2) is 50.9 Å². The predicted molar refractivity (Wildman–Crippen MR) is 101 cm³/mol. The number of hydrogen-bond acceptors (Lipinski definition) is 4. The van der Waals surface area contributed by atoms with Gasteiger partial charge in [0.2, 0.25) is 15.9 Å². The van der Waals surface area contributed by atoms with Gasteiger partial charge in [0.25, 0.3) is 0 Å². The molecule has 1 aromatic carbocycles. The highest BCUT2D eigenvalue weighted by molar-refractivity contribution is 7.89. The van der Waals surface area contributed by atoms with Gasteiger partial charge in [-0.1, -0.05) is 0 Å². The van der Waals surface area contributed by atoms with Gasteiger partial charge >= 0.3 is 0 Å². The lowest BCUT2D eigenvalue weighted by molar-refractivity contribution is -0.125. The molecular formula is C19H27N3O3S. The molecule has 2 saturated heterocycles. The van der Waals surface area contributed by atoms with Crippen molar-refractivity contribution >= 4 is 21.6 Å². The number of carbonyl (C=O) groups excluding carboxylic acids is 1. The minimum atomic E-state index is -3.35. The number of piperidine rings is 1. The number of rotatable bonds is 5. The SMILES string of the molecule is O=C(NC1CC1)C1CCN(c2ccc(S(=O)(=O)N3CCCC3)cc2)CC1. The molecule has 0 spiro atoms. The Bertz CT molecular complexity index is 745. The standard InChI is InChI=1S/C19H27N3O3S/c23-19(20-16-3-4-16)15-9-13-21(14-10-15)17-5-7-18(8-6-17)26(24,25)22-11-1-2-12-22/h5-8,15-16H,1-4,9-14H2,(H,20,23). The summed E-state index contributed by atoms with van der Waals surface area (Å²) in [7, 11) is -3.35. The number of carbonyl (C=O) groups is 1. The van der Waals surface area contributed by atoms with Crippen LogP contribution in [0.3, 0.4) is 0 Å². The molecule has 3 fully saturated rings. The van der Waals surface area contributed by atoms with E-state index in [4.69, 9.17) is 0 Å². The normalized spacial score (nSPS) is 22.5. The Morgan fingerprint density at radius 3 is 2.12 bits per heavy atom. The molecule has 2 aliphatic heterocycles. The van der Waals surface area contributed by atoms with Gasteiger partial charge in [0.1, 0.15) is 0 Å². The summed E-state index contributed by atoms with van der Waals surface area (Å²) in [4.78, 5) is 14.8. The van der Waals surface area contributed by atoms with E-state index in [9.17, 15) is 13.2 Å². The lowest BCUT2D eigenvalue weighted by Crippen LogP contribution is -2.41. The fourth-order valence-electron chi connectivity index (χ4n) is 3.85. The Kier molecular flexibility index (Phi) is 4.92. The first-order valence-corrected chi connectivity index (χ1v) is 11.1. The van der Waals surface area contributed by atoms with Crippen LogP contribution in [0.15, 0.2) is 29.2 Å². The van der Waals surface area contributed by atoms with Crippen LogP contribution in [0.25, 0.3) is 0 Å². The maximum Gasteiger partial charge on any atom is 0.243 e. The van der Waals surface area contributed by atoms with Crippen molar-refractivity contribution in [2.24, 2.45) is 5.92 Å². The van der Waals surface area contributed by atoms with Crippen molar-refractivity contribution < 1.29 is 13.2 Å². The molecule has 3 aliphatic rings. The molecular weight excluding hydrogens is 350 g/mol. The number of benzene rings is 1. The summed E-state index contributed by atoms with van der Waals surface area (Å²) in [5.74, 6) is 0.320. The van der Waals surface area contributed by atoms with Gasteiger partial charge in [-0.15, -0.1) is 0 Å². The van der Waals surface area contributed by atoms with E-state index >= 15 is 0 Å². The minimum absolute atomic E-state index is 0.113. The van der Waals surface area contributed by atoms with Crippen LogP contribution < -0.4 is 10.2 Å². The van der Waals surface area contributed by atoms with Crippen LogP contribution in [0, 0.1) is 5.92 Å². The number of hydrogen-bond donors (Lipinski definition) is 1. The smallest absolute Gasteiger partial charge is 0.243 e. The van der Waals surface area contributed by atoms with E-state index in [2.05, 4.69) is 10.2 Å². The third-order valence-corrected chi connectivity index (χ3v) is 7.61. The third kappa shape index (κ3) is 3.74. The molecule has 1 N–H and O–H groups in total. The topological polar surface area (TPSA) is 69.7 Å². The molecule has 0 radical (unpaired) electrons. The van der Waals surface area contributed by atoms with Crippen LogP contribution in [0.1, 0.15) is 38.5 Å². The van der Waals surface area contributed by atoms with Gasteiger partial charge in [-0.05, 0) is 62.8 Å². The number of nitrogens with one attached hydrogen (secondary N) is 1. The number of amides is 1. The van der Waals surface area contributed by atoms with E-state index in [1.165, 1.54) is 0 Å². The highest BCUT2D eigenvalue weighted by atomic mass is 32.2. The van der Waals surface area contributed by atoms with Crippen molar-refractivity contribution in [3.05, 3.63) is 24.3 Å². The molecule has 0 unspecified atom stereocenters. The summed E-state index contributed by atoms with van der Waals surface area (Å²) < 4.78 is 26.8. The quantitative estimate of drug-likeness (QED) is 0.852. The molecule has 0 bridgehead atoms. The minimum Gasteiger partial charge on any atom is -0.371 e. The summed E-state index contributed by atoms with van der Waals surface area (Å²) in [5.41, 5.74) is 1.03. The van der Waals surface area contributed by atoms with Gasteiger partial charge in [0.05, 0.1) is 4.90 Å². The Morgan fingerprint density at radius 1 is 0.923 bits per heavy atom. The third-order valence-electron chi connectivity index (χ3n) is 5.69. The molecule has 1 saturated carbocycles. The second-order valence-electron chi connectivity index (χ2n) is 7.65. The van der Waals surface area contributed by atoms with Crippen LogP contribution in [-0.2, 0) is 14.8 Å². The lowest BCUT2D eigenvalue weighted by Gasteiger charge is -2.33. The average molecular weight is 378 g/mol. The highest BCUT2D eigenvalue weighted by Gasteiger charge is 2.30. The molecule has 1 aliphatic carbocycles. The molecule has 1 amide bonds. The second kappa shape index (κ2) is 7.19. The highest BCUT2D eigenvalue weighted by Crippen LogP contribution is 2.27. The van der Waals surface area contributed by atoms with E-state index < -0.39 is 10.0 Å². The first-order valence-electron chi connectivity index (χ1n) is 9.69. The molecule has 4 rings (SSSR count). The van der Waals surface area contributed by atoms with E-state index in [-0.39, 0.29) is 11.8 Å². The van der Waals surface area contributed by atoms with Crippen LogP contribution in [0.5, 0.6) is 0 Å². The first-order chi connectivity index (χ1) is 12.5. The zero-order valence-corrected chi connectivity index (χ0v) is 15.9. The fourth-order valence-corrected chi connectivity index (χ4v) is 5.37. The van der Waals surface area contributed by atoms with Crippen molar-refractivity contribution in [3.8, 4) is 0 Å².